The number of aromatic nitrogens is 3. The lowest BCUT2D eigenvalue weighted by Crippen LogP contribution is -2.10. The molecule has 7 heteroatoms. The summed E-state index contributed by atoms with van der Waals surface area (Å²) < 4.78 is 7.33. The van der Waals surface area contributed by atoms with Gasteiger partial charge in [0.2, 0.25) is 0 Å². The van der Waals surface area contributed by atoms with Gasteiger partial charge in [-0.25, -0.2) is 4.98 Å². The molecule has 5 nitrogen and oxygen atoms in total. The molecule has 0 radical (unpaired) electrons. The van der Waals surface area contributed by atoms with Crippen LogP contribution in [-0.4, -0.2) is 20.5 Å². The van der Waals surface area contributed by atoms with Crippen LogP contribution in [0, 0.1) is 0 Å². The van der Waals surface area contributed by atoms with Crippen molar-refractivity contribution in [1.29, 1.82) is 0 Å². The number of esters is 1. The van der Waals surface area contributed by atoms with E-state index < -0.39 is 0 Å². The van der Waals surface area contributed by atoms with Crippen LogP contribution in [0.15, 0.2) is 58.6 Å². The molecular formula is C21H22ClN3O2S. The molecule has 0 aliphatic heterocycles. The lowest BCUT2D eigenvalue weighted by atomic mass is 10.1. The molecule has 0 saturated carbocycles. The van der Waals surface area contributed by atoms with Crippen molar-refractivity contribution in [2.75, 3.05) is 0 Å². The molecule has 28 heavy (non-hydrogen) atoms. The minimum absolute atomic E-state index is 0.123. The summed E-state index contributed by atoms with van der Waals surface area (Å²) in [6.07, 6.45) is 1.77. The summed E-state index contributed by atoms with van der Waals surface area (Å²) in [6, 6.07) is 13.5. The van der Waals surface area contributed by atoms with Crippen LogP contribution in [-0.2, 0) is 22.7 Å². The zero-order valence-electron chi connectivity index (χ0n) is 16.1. The lowest BCUT2D eigenvalue weighted by molar-refractivity contribution is -0.142. The van der Waals surface area contributed by atoms with Crippen LogP contribution in [0.5, 0.6) is 0 Å². The lowest BCUT2D eigenvalue weighted by Gasteiger charge is -2.13. The van der Waals surface area contributed by atoms with Crippen molar-refractivity contribution in [1.82, 2.24) is 14.5 Å². The number of nitrogens with zero attached hydrogens (tertiary/aromatic N) is 3. The van der Waals surface area contributed by atoms with Crippen molar-refractivity contribution in [3.63, 3.8) is 0 Å². The SMILES string of the molecule is CC(=O)OCc1nc(C(C)C)c(Sc2cccc(Cl)c2)n1Cc1ccccn1. The third-order valence-corrected chi connectivity index (χ3v) is 5.38. The Kier molecular flexibility index (Phi) is 6.75. The Balaban J connectivity index is 2.06. The molecule has 2 aromatic heterocycles. The summed E-state index contributed by atoms with van der Waals surface area (Å²) in [5, 5.41) is 1.69. The summed E-state index contributed by atoms with van der Waals surface area (Å²) in [7, 11) is 0. The van der Waals surface area contributed by atoms with Crippen LogP contribution in [0.4, 0.5) is 0 Å². The second-order valence-electron chi connectivity index (χ2n) is 6.62. The molecule has 146 valence electrons. The smallest absolute Gasteiger partial charge is 0.303 e. The molecule has 0 unspecified atom stereocenters. The van der Waals surface area contributed by atoms with E-state index in [0.717, 1.165) is 21.3 Å². The van der Waals surface area contributed by atoms with E-state index in [1.807, 2.05) is 42.5 Å². The van der Waals surface area contributed by atoms with Crippen LogP contribution in [0.2, 0.25) is 5.02 Å². The van der Waals surface area contributed by atoms with Crippen LogP contribution in [0.1, 0.15) is 43.9 Å². The summed E-state index contributed by atoms with van der Waals surface area (Å²) >= 11 is 7.77. The first-order valence-corrected chi connectivity index (χ1v) is 10.2. The quantitative estimate of drug-likeness (QED) is 0.489. The molecule has 2 heterocycles. The third-order valence-electron chi connectivity index (χ3n) is 4.03. The van der Waals surface area contributed by atoms with E-state index in [1.54, 1.807) is 18.0 Å². The number of imidazole rings is 1. The number of carbonyl (C=O) groups is 1. The highest BCUT2D eigenvalue weighted by Crippen LogP contribution is 2.36. The molecule has 0 spiro atoms. The molecule has 0 atom stereocenters. The van der Waals surface area contributed by atoms with E-state index in [1.165, 1.54) is 6.92 Å². The minimum atomic E-state index is -0.331. The Labute approximate surface area is 174 Å². The molecule has 1 aromatic carbocycles. The van der Waals surface area contributed by atoms with Gasteiger partial charge in [-0.15, -0.1) is 0 Å². The monoisotopic (exact) mass is 415 g/mol. The van der Waals surface area contributed by atoms with Crippen molar-refractivity contribution < 1.29 is 9.53 Å². The number of pyridine rings is 1. The fraction of sp³-hybridized carbons (Fsp3) is 0.286. The van der Waals surface area contributed by atoms with E-state index in [4.69, 9.17) is 21.3 Å². The zero-order chi connectivity index (χ0) is 20.1. The first-order chi connectivity index (χ1) is 13.4. The number of carbonyl (C=O) groups excluding carboxylic acids is 1. The van der Waals surface area contributed by atoms with Gasteiger partial charge in [-0.05, 0) is 36.2 Å². The average molecular weight is 416 g/mol. The summed E-state index contributed by atoms with van der Waals surface area (Å²) in [4.78, 5) is 21.6. The first-order valence-electron chi connectivity index (χ1n) is 9.00. The number of halogens is 1. The summed E-state index contributed by atoms with van der Waals surface area (Å²) in [6.45, 7) is 6.27. The predicted octanol–water partition coefficient (Wildman–Crippen LogP) is 5.32. The average Bonchev–Trinajstić information content (AvgIpc) is 2.98. The van der Waals surface area contributed by atoms with E-state index in [9.17, 15) is 4.79 Å². The van der Waals surface area contributed by atoms with Crippen molar-refractivity contribution in [3.05, 3.63) is 70.9 Å². The fourth-order valence-electron chi connectivity index (χ4n) is 2.72. The number of ether oxygens (including phenoxy) is 1. The second kappa shape index (κ2) is 9.26. The number of hydrogen-bond acceptors (Lipinski definition) is 5. The van der Waals surface area contributed by atoms with Crippen molar-refractivity contribution in [2.45, 2.75) is 49.8 Å². The van der Waals surface area contributed by atoms with Gasteiger partial charge in [-0.2, -0.15) is 0 Å². The maximum absolute atomic E-state index is 11.3. The normalized spacial score (nSPS) is 11.0. The highest BCUT2D eigenvalue weighted by atomic mass is 35.5. The number of rotatable bonds is 7. The Morgan fingerprint density at radius 2 is 2.07 bits per heavy atom. The Morgan fingerprint density at radius 3 is 2.71 bits per heavy atom. The van der Waals surface area contributed by atoms with Gasteiger partial charge < -0.3 is 9.30 Å². The Hall–Kier alpha value is -2.31. The van der Waals surface area contributed by atoms with E-state index >= 15 is 0 Å². The van der Waals surface area contributed by atoms with Crippen molar-refractivity contribution in [3.8, 4) is 0 Å². The number of benzene rings is 1. The zero-order valence-corrected chi connectivity index (χ0v) is 17.6. The molecule has 0 N–H and O–H groups in total. The molecule has 0 bridgehead atoms. The maximum atomic E-state index is 11.3. The molecule has 3 rings (SSSR count). The summed E-state index contributed by atoms with van der Waals surface area (Å²) in [5.41, 5.74) is 1.87. The van der Waals surface area contributed by atoms with Gasteiger partial charge in [-0.1, -0.05) is 49.3 Å². The van der Waals surface area contributed by atoms with Crippen LogP contribution >= 0.6 is 23.4 Å². The van der Waals surface area contributed by atoms with Crippen LogP contribution in [0.25, 0.3) is 0 Å². The molecule has 0 fully saturated rings. The fourth-order valence-corrected chi connectivity index (χ4v) is 4.20. The van der Waals surface area contributed by atoms with E-state index in [0.29, 0.717) is 17.4 Å². The van der Waals surface area contributed by atoms with Gasteiger partial charge in [0.05, 0.1) is 17.9 Å². The van der Waals surface area contributed by atoms with Gasteiger partial charge in [0.15, 0.2) is 0 Å². The highest BCUT2D eigenvalue weighted by Gasteiger charge is 2.21. The van der Waals surface area contributed by atoms with Crippen molar-refractivity contribution >= 4 is 29.3 Å². The van der Waals surface area contributed by atoms with Gasteiger partial charge in [0.25, 0.3) is 0 Å². The molecule has 0 amide bonds. The van der Waals surface area contributed by atoms with E-state index in [-0.39, 0.29) is 18.5 Å². The van der Waals surface area contributed by atoms with Gasteiger partial charge in [0, 0.05) is 23.0 Å². The largest absolute Gasteiger partial charge is 0.458 e. The van der Waals surface area contributed by atoms with Crippen molar-refractivity contribution in [2.24, 2.45) is 0 Å². The summed E-state index contributed by atoms with van der Waals surface area (Å²) in [5.74, 6) is 0.583. The molecule has 0 aliphatic carbocycles. The highest BCUT2D eigenvalue weighted by molar-refractivity contribution is 7.99. The van der Waals surface area contributed by atoms with E-state index in [2.05, 4.69) is 23.4 Å². The molecular weight excluding hydrogens is 394 g/mol. The molecule has 0 aliphatic rings. The number of hydrogen-bond donors (Lipinski definition) is 0. The maximum Gasteiger partial charge on any atom is 0.303 e. The Morgan fingerprint density at radius 1 is 1.25 bits per heavy atom. The predicted molar refractivity (Wildman–Crippen MR) is 111 cm³/mol. The molecule has 0 saturated heterocycles. The molecule has 3 aromatic rings. The minimum Gasteiger partial charge on any atom is -0.458 e. The van der Waals surface area contributed by atoms with Gasteiger partial charge >= 0.3 is 5.97 Å². The standard InChI is InChI=1S/C21H22ClN3O2S/c1-14(2)20-21(28-18-9-6-7-16(22)11-18)25(12-17-8-4-5-10-23-17)19(24-20)13-27-15(3)26/h4-11,14H,12-13H2,1-3H3. The third kappa shape index (κ3) is 5.14. The van der Waals surface area contributed by atoms with Crippen LogP contribution in [0.3, 0.4) is 0 Å². The Bertz CT molecular complexity index is 958. The van der Waals surface area contributed by atoms with Gasteiger partial charge in [-0.3, -0.25) is 9.78 Å². The van der Waals surface area contributed by atoms with Gasteiger partial charge in [0.1, 0.15) is 17.5 Å². The van der Waals surface area contributed by atoms with Crippen LogP contribution < -0.4 is 0 Å². The topological polar surface area (TPSA) is 57.0 Å². The second-order valence-corrected chi connectivity index (χ2v) is 8.12. The first kappa shape index (κ1) is 20.4.